The van der Waals surface area contributed by atoms with Crippen LogP contribution in [0.15, 0.2) is 30.0 Å². The van der Waals surface area contributed by atoms with Crippen LogP contribution in [0.2, 0.25) is 0 Å². The van der Waals surface area contributed by atoms with E-state index in [0.29, 0.717) is 5.69 Å². The van der Waals surface area contributed by atoms with Crippen LogP contribution in [0.4, 0.5) is 5.69 Å². The highest BCUT2D eigenvalue weighted by molar-refractivity contribution is 7.92. The molecule has 0 saturated heterocycles. The third kappa shape index (κ3) is 3.86. The van der Waals surface area contributed by atoms with Gasteiger partial charge in [0, 0.05) is 31.2 Å². The number of nitrogens with zero attached hydrogens (tertiary/aromatic N) is 2. The maximum Gasteiger partial charge on any atom is 0.221 e. The van der Waals surface area contributed by atoms with Crippen molar-refractivity contribution in [2.24, 2.45) is 0 Å². The maximum atomic E-state index is 12.4. The molecule has 2 rings (SSSR count). The highest BCUT2D eigenvalue weighted by Crippen LogP contribution is 2.25. The molecule has 1 atom stereocenters. The average molecular weight is 330 g/mol. The number of rotatable bonds is 5. The van der Waals surface area contributed by atoms with E-state index >= 15 is 0 Å². The van der Waals surface area contributed by atoms with Crippen LogP contribution in [0.1, 0.15) is 16.1 Å². The summed E-state index contributed by atoms with van der Waals surface area (Å²) >= 11 is -1.18. The number of nitriles is 1. The number of allylic oxidation sites excluding steroid dienone is 1. The number of hydrogen-bond acceptors (Lipinski definition) is 5. The molecule has 1 aromatic heterocycles. The zero-order valence-corrected chi connectivity index (χ0v) is 14.2. The quantitative estimate of drug-likeness (QED) is 0.380. The van der Waals surface area contributed by atoms with Crippen molar-refractivity contribution in [1.82, 2.24) is 9.88 Å². The van der Waals surface area contributed by atoms with Crippen LogP contribution in [-0.2, 0) is 11.4 Å². The molecule has 1 heterocycles. The molecule has 0 aliphatic carbocycles. The van der Waals surface area contributed by atoms with Crippen molar-refractivity contribution in [2.45, 2.75) is 6.92 Å². The van der Waals surface area contributed by atoms with Gasteiger partial charge in [0.15, 0.2) is 0 Å². The fraction of sp³-hybridized carbons (Fsp3) is 0.250. The number of benzene rings is 1. The second kappa shape index (κ2) is 6.77. The Morgan fingerprint density at radius 2 is 2.13 bits per heavy atom. The van der Waals surface area contributed by atoms with E-state index in [1.165, 1.54) is 6.20 Å². The molecule has 0 aliphatic rings. The lowest BCUT2D eigenvalue weighted by Gasteiger charge is -2.09. The van der Waals surface area contributed by atoms with Crippen LogP contribution in [0.3, 0.4) is 0 Å². The largest absolute Gasteiger partial charge is 0.593 e. The van der Waals surface area contributed by atoms with Gasteiger partial charge in [-0.2, -0.15) is 5.26 Å². The van der Waals surface area contributed by atoms with Crippen molar-refractivity contribution in [3.05, 3.63) is 41.2 Å². The zero-order chi connectivity index (χ0) is 17.1. The Labute approximate surface area is 138 Å². The predicted molar refractivity (Wildman–Crippen MR) is 92.4 cm³/mol. The summed E-state index contributed by atoms with van der Waals surface area (Å²) in [5, 5.41) is 10.0. The van der Waals surface area contributed by atoms with Gasteiger partial charge in [-0.25, -0.2) is 4.72 Å². The molecule has 0 fully saturated rings. The Morgan fingerprint density at radius 1 is 1.43 bits per heavy atom. The predicted octanol–water partition coefficient (Wildman–Crippen LogP) is 2.33. The molecule has 2 aromatic rings. The number of H-pyrrole nitrogens is 1. The van der Waals surface area contributed by atoms with Gasteiger partial charge in [-0.15, -0.1) is 0 Å². The zero-order valence-electron chi connectivity index (χ0n) is 13.4. The molecule has 7 heteroatoms. The van der Waals surface area contributed by atoms with Crippen molar-refractivity contribution < 1.29 is 9.35 Å². The van der Waals surface area contributed by atoms with Crippen molar-refractivity contribution in [3.8, 4) is 6.07 Å². The van der Waals surface area contributed by atoms with E-state index in [1.54, 1.807) is 31.3 Å². The van der Waals surface area contributed by atoms with Crippen LogP contribution < -0.4 is 4.72 Å². The van der Waals surface area contributed by atoms with Gasteiger partial charge in [0.2, 0.25) is 5.78 Å². The second-order valence-electron chi connectivity index (χ2n) is 5.44. The first-order valence-electron chi connectivity index (χ1n) is 6.88. The lowest BCUT2D eigenvalue weighted by atomic mass is 10.1. The summed E-state index contributed by atoms with van der Waals surface area (Å²) in [5.41, 5.74) is 2.82. The van der Waals surface area contributed by atoms with Crippen molar-refractivity contribution >= 4 is 33.7 Å². The summed E-state index contributed by atoms with van der Waals surface area (Å²) in [5.74, 6) is -0.358. The number of aromatic amines is 1. The molecule has 6 nitrogen and oxygen atoms in total. The molecule has 0 spiro atoms. The van der Waals surface area contributed by atoms with Crippen LogP contribution in [0, 0.1) is 18.3 Å². The van der Waals surface area contributed by atoms with Crippen LogP contribution in [-0.4, -0.2) is 40.6 Å². The summed E-state index contributed by atoms with van der Waals surface area (Å²) in [7, 11) is 3.50. The van der Waals surface area contributed by atoms with E-state index in [9.17, 15) is 9.35 Å². The van der Waals surface area contributed by atoms with E-state index < -0.39 is 11.4 Å². The molecule has 0 aliphatic heterocycles. The lowest BCUT2D eigenvalue weighted by Crippen LogP contribution is -2.10. The van der Waals surface area contributed by atoms with Gasteiger partial charge in [0.1, 0.15) is 17.9 Å². The number of carbonyl (C=O) groups is 1. The number of aryl methyl sites for hydroxylation is 1. The van der Waals surface area contributed by atoms with Gasteiger partial charge in [-0.3, -0.25) is 4.79 Å². The molecule has 1 unspecified atom stereocenters. The Bertz CT molecular complexity index is 815. The summed E-state index contributed by atoms with van der Waals surface area (Å²) in [4.78, 5) is 17.1. The van der Waals surface area contributed by atoms with Crippen LogP contribution >= 0.6 is 0 Å². The summed E-state index contributed by atoms with van der Waals surface area (Å²) in [6.45, 7) is 1.90. The topological polar surface area (TPSA) is 95.0 Å². The lowest BCUT2D eigenvalue weighted by molar-refractivity contribution is 0.103. The van der Waals surface area contributed by atoms with E-state index in [4.69, 9.17) is 5.26 Å². The maximum absolute atomic E-state index is 12.4. The number of ketones is 1. The second-order valence-corrected chi connectivity index (χ2v) is 6.55. The molecule has 2 N–H and O–H groups in total. The normalized spacial score (nSPS) is 12.8. The number of carbonyl (C=O) groups excluding carboxylic acids is 1. The fourth-order valence-corrected chi connectivity index (χ4v) is 2.75. The molecular weight excluding hydrogens is 312 g/mol. The minimum Gasteiger partial charge on any atom is -0.593 e. The van der Waals surface area contributed by atoms with Crippen molar-refractivity contribution in [3.63, 3.8) is 0 Å². The van der Waals surface area contributed by atoms with E-state index in [1.807, 2.05) is 25.1 Å². The van der Waals surface area contributed by atoms with Crippen LogP contribution in [0.25, 0.3) is 10.9 Å². The van der Waals surface area contributed by atoms with Crippen molar-refractivity contribution in [1.29, 1.82) is 5.26 Å². The highest BCUT2D eigenvalue weighted by atomic mass is 32.2. The SMILES string of the molecule is Cc1cc2cc(C(=O)/C(C#N)=C/N(C)C)[nH]c2cc1N[S+](C)[O-]. The summed E-state index contributed by atoms with van der Waals surface area (Å²) in [6, 6.07) is 7.36. The minimum absolute atomic E-state index is 0.0614. The van der Waals surface area contributed by atoms with Crippen LogP contribution in [0.5, 0.6) is 0 Å². The molecule has 1 aromatic carbocycles. The summed E-state index contributed by atoms with van der Waals surface area (Å²) < 4.78 is 14.2. The standard InChI is InChI=1S/C16H18N4O2S/c1-10-5-11-6-15(16(21)12(8-17)9-20(2)3)18-14(11)7-13(10)19-23(4)22/h5-7,9,18-19H,1-4H3/b12-9+. The first-order valence-corrected chi connectivity index (χ1v) is 8.44. The number of aromatic nitrogens is 1. The highest BCUT2D eigenvalue weighted by Gasteiger charge is 2.16. The van der Waals surface area contributed by atoms with Gasteiger partial charge in [-0.05, 0) is 30.7 Å². The third-order valence-electron chi connectivity index (χ3n) is 3.22. The first kappa shape index (κ1) is 16.9. The average Bonchev–Trinajstić information content (AvgIpc) is 2.86. The van der Waals surface area contributed by atoms with Gasteiger partial charge < -0.3 is 14.4 Å². The minimum atomic E-state index is -1.18. The molecule has 0 amide bonds. The van der Waals surface area contributed by atoms with Gasteiger partial charge in [-0.1, -0.05) is 0 Å². The third-order valence-corrected chi connectivity index (χ3v) is 3.72. The number of hydrogen-bond donors (Lipinski definition) is 2. The first-order chi connectivity index (χ1) is 10.8. The number of nitrogens with one attached hydrogen (secondary N) is 2. The smallest absolute Gasteiger partial charge is 0.221 e. The van der Waals surface area contributed by atoms with E-state index in [0.717, 1.165) is 22.2 Å². The molecule has 0 radical (unpaired) electrons. The number of Topliss-reactive ketones (excluding diaryl/α,β-unsaturated/α-hetero) is 1. The molecule has 23 heavy (non-hydrogen) atoms. The molecule has 0 bridgehead atoms. The van der Waals surface area contributed by atoms with E-state index in [-0.39, 0.29) is 11.4 Å². The van der Waals surface area contributed by atoms with E-state index in [2.05, 4.69) is 9.71 Å². The monoisotopic (exact) mass is 330 g/mol. The Morgan fingerprint density at radius 3 is 2.70 bits per heavy atom. The van der Waals surface area contributed by atoms with Gasteiger partial charge in [0.05, 0.1) is 22.7 Å². The Balaban J connectivity index is 2.44. The number of anilines is 1. The molecule has 120 valence electrons. The molecular formula is C16H18N4O2S. The van der Waals surface area contributed by atoms with Crippen molar-refractivity contribution in [2.75, 3.05) is 25.1 Å². The Hall–Kier alpha value is -2.43. The number of fused-ring (bicyclic) bond motifs is 1. The molecule has 0 saturated carbocycles. The van der Waals surface area contributed by atoms with Gasteiger partial charge in [0.25, 0.3) is 0 Å². The Kier molecular flexibility index (Phi) is 4.98. The summed E-state index contributed by atoms with van der Waals surface area (Å²) in [6.07, 6.45) is 3.05. The van der Waals surface area contributed by atoms with Gasteiger partial charge >= 0.3 is 0 Å². The fourth-order valence-electron chi connectivity index (χ4n) is 2.22.